The summed E-state index contributed by atoms with van der Waals surface area (Å²) < 4.78 is 2.36. The fraction of sp³-hybridized carbons (Fsp3) is 0.0182. The minimum Gasteiger partial charge on any atom is -0.356 e. The van der Waals surface area contributed by atoms with Gasteiger partial charge in [0.05, 0.1) is 16.4 Å². The number of aromatic nitrogens is 1. The molecule has 2 nitrogen and oxygen atoms in total. The van der Waals surface area contributed by atoms with Crippen LogP contribution >= 0.6 is 0 Å². The molecule has 2 aliphatic carbocycles. The van der Waals surface area contributed by atoms with Crippen LogP contribution in [0.3, 0.4) is 0 Å². The molecule has 0 saturated heterocycles. The van der Waals surface area contributed by atoms with E-state index in [1.165, 1.54) is 94.3 Å². The normalized spacial score (nSPS) is 13.1. The van der Waals surface area contributed by atoms with Crippen LogP contribution in [0.15, 0.2) is 212 Å². The van der Waals surface area contributed by atoms with Crippen molar-refractivity contribution in [1.29, 1.82) is 0 Å². The van der Waals surface area contributed by atoms with Crippen molar-refractivity contribution in [2.75, 3.05) is 5.32 Å². The van der Waals surface area contributed by atoms with Crippen molar-refractivity contribution >= 4 is 33.2 Å². The summed E-state index contributed by atoms with van der Waals surface area (Å²) in [5.41, 5.74) is 20.9. The lowest BCUT2D eigenvalue weighted by atomic mass is 9.70. The molecule has 9 aromatic carbocycles. The van der Waals surface area contributed by atoms with Crippen molar-refractivity contribution in [3.05, 3.63) is 235 Å². The molecule has 2 aliphatic rings. The average molecular weight is 725 g/mol. The molecule has 0 radical (unpaired) electrons. The van der Waals surface area contributed by atoms with Crippen molar-refractivity contribution in [2.24, 2.45) is 0 Å². The van der Waals surface area contributed by atoms with Gasteiger partial charge in [-0.3, -0.25) is 0 Å². The van der Waals surface area contributed by atoms with Gasteiger partial charge in [0.15, 0.2) is 0 Å². The maximum Gasteiger partial charge on any atom is 0.0726 e. The van der Waals surface area contributed by atoms with Crippen LogP contribution in [0.25, 0.3) is 72.0 Å². The smallest absolute Gasteiger partial charge is 0.0726 e. The number of para-hydroxylation sites is 2. The number of hydrogen-bond acceptors (Lipinski definition) is 1. The summed E-state index contributed by atoms with van der Waals surface area (Å²) in [6.45, 7) is 0. The van der Waals surface area contributed by atoms with Gasteiger partial charge in [-0.25, -0.2) is 0 Å². The number of fused-ring (bicyclic) bond motifs is 13. The van der Waals surface area contributed by atoms with Crippen LogP contribution in [0.4, 0.5) is 11.4 Å². The minimum absolute atomic E-state index is 0.348. The second-order valence-electron chi connectivity index (χ2n) is 15.3. The van der Waals surface area contributed by atoms with Crippen LogP contribution in [0.1, 0.15) is 22.3 Å². The van der Waals surface area contributed by atoms with E-state index in [-0.39, 0.29) is 5.41 Å². The first-order valence-corrected chi connectivity index (χ1v) is 19.8. The third kappa shape index (κ3) is 4.65. The summed E-state index contributed by atoms with van der Waals surface area (Å²) in [4.78, 5) is 0. The highest BCUT2D eigenvalue weighted by atomic mass is 15.0. The minimum atomic E-state index is -0.348. The molecular formula is C55H36N2. The second kappa shape index (κ2) is 12.3. The highest BCUT2D eigenvalue weighted by Crippen LogP contribution is 2.63. The van der Waals surface area contributed by atoms with Gasteiger partial charge in [-0.05, 0) is 121 Å². The van der Waals surface area contributed by atoms with Gasteiger partial charge in [-0.2, -0.15) is 0 Å². The fourth-order valence-electron chi connectivity index (χ4n) is 9.95. The molecule has 1 spiro atoms. The second-order valence-corrected chi connectivity index (χ2v) is 15.3. The Morgan fingerprint density at radius 3 is 1.44 bits per heavy atom. The van der Waals surface area contributed by atoms with E-state index >= 15 is 0 Å². The van der Waals surface area contributed by atoms with E-state index in [0.29, 0.717) is 0 Å². The van der Waals surface area contributed by atoms with E-state index in [9.17, 15) is 0 Å². The van der Waals surface area contributed by atoms with Gasteiger partial charge >= 0.3 is 0 Å². The number of rotatable bonds is 5. The molecule has 1 heterocycles. The number of anilines is 2. The molecule has 10 aromatic rings. The van der Waals surface area contributed by atoms with Gasteiger partial charge in [0.2, 0.25) is 0 Å². The summed E-state index contributed by atoms with van der Waals surface area (Å²) in [5, 5.41) is 6.29. The molecule has 0 atom stereocenters. The maximum absolute atomic E-state index is 3.76. The molecular weight excluding hydrogens is 689 g/mol. The molecule has 12 rings (SSSR count). The number of nitrogens with one attached hydrogen (secondary N) is 1. The Morgan fingerprint density at radius 1 is 0.316 bits per heavy atom. The summed E-state index contributed by atoms with van der Waals surface area (Å²) in [5.74, 6) is 0. The summed E-state index contributed by atoms with van der Waals surface area (Å²) in [6, 6.07) is 77.8. The summed E-state index contributed by atoms with van der Waals surface area (Å²) in [7, 11) is 0. The molecule has 266 valence electrons. The Kier molecular flexibility index (Phi) is 6.88. The highest BCUT2D eigenvalue weighted by molar-refractivity contribution is 6.10. The van der Waals surface area contributed by atoms with E-state index in [4.69, 9.17) is 0 Å². The van der Waals surface area contributed by atoms with Crippen LogP contribution in [0, 0.1) is 0 Å². The third-order valence-electron chi connectivity index (χ3n) is 12.4. The van der Waals surface area contributed by atoms with Crippen molar-refractivity contribution in [3.63, 3.8) is 0 Å². The van der Waals surface area contributed by atoms with Crippen molar-refractivity contribution in [1.82, 2.24) is 4.57 Å². The van der Waals surface area contributed by atoms with Gasteiger partial charge in [-0.1, -0.05) is 158 Å². The van der Waals surface area contributed by atoms with Gasteiger partial charge < -0.3 is 9.88 Å². The Labute approximate surface area is 332 Å². The Balaban J connectivity index is 0.849. The molecule has 2 heteroatoms. The molecule has 1 N–H and O–H groups in total. The predicted octanol–water partition coefficient (Wildman–Crippen LogP) is 14.2. The third-order valence-corrected chi connectivity index (χ3v) is 12.4. The number of benzene rings is 9. The van der Waals surface area contributed by atoms with Crippen LogP contribution < -0.4 is 5.32 Å². The molecule has 0 saturated carbocycles. The van der Waals surface area contributed by atoms with Gasteiger partial charge in [0, 0.05) is 27.8 Å². The molecule has 57 heavy (non-hydrogen) atoms. The van der Waals surface area contributed by atoms with Crippen LogP contribution in [0.5, 0.6) is 0 Å². The largest absolute Gasteiger partial charge is 0.356 e. The van der Waals surface area contributed by atoms with E-state index in [0.717, 1.165) is 11.4 Å². The van der Waals surface area contributed by atoms with Crippen molar-refractivity contribution in [2.45, 2.75) is 5.41 Å². The average Bonchev–Trinajstić information content (AvgIpc) is 3.88. The first kappa shape index (κ1) is 31.9. The zero-order valence-corrected chi connectivity index (χ0v) is 31.2. The van der Waals surface area contributed by atoms with Gasteiger partial charge in [0.25, 0.3) is 0 Å². The summed E-state index contributed by atoms with van der Waals surface area (Å²) >= 11 is 0. The highest BCUT2D eigenvalue weighted by Gasteiger charge is 2.51. The van der Waals surface area contributed by atoms with Crippen LogP contribution in [-0.2, 0) is 5.41 Å². The SMILES string of the molecule is c1ccc(-n2c3ccccc3c3cc(-c4ccc(-c5ccc(Nc6ccc7c(c6)C6(c8ccccc8-c8ccccc86)c6ccccc6-7)cc5)cc4)ccc32)cc1. The van der Waals surface area contributed by atoms with Crippen molar-refractivity contribution in [3.8, 4) is 50.2 Å². The van der Waals surface area contributed by atoms with E-state index in [1.807, 2.05) is 0 Å². The maximum atomic E-state index is 3.76. The van der Waals surface area contributed by atoms with Crippen molar-refractivity contribution < 1.29 is 0 Å². The number of hydrogen-bond donors (Lipinski definition) is 1. The fourth-order valence-corrected chi connectivity index (χ4v) is 9.95. The van der Waals surface area contributed by atoms with Crippen LogP contribution in [0.2, 0.25) is 0 Å². The first-order valence-electron chi connectivity index (χ1n) is 19.8. The van der Waals surface area contributed by atoms with E-state index in [2.05, 4.69) is 222 Å². The predicted molar refractivity (Wildman–Crippen MR) is 238 cm³/mol. The molecule has 0 amide bonds. The Bertz CT molecular complexity index is 3120. The number of nitrogens with zero attached hydrogens (tertiary/aromatic N) is 1. The zero-order chi connectivity index (χ0) is 37.5. The first-order chi connectivity index (χ1) is 28.3. The monoisotopic (exact) mass is 724 g/mol. The lowest BCUT2D eigenvalue weighted by molar-refractivity contribution is 0.794. The Morgan fingerprint density at radius 2 is 0.789 bits per heavy atom. The quantitative estimate of drug-likeness (QED) is 0.187. The molecule has 0 unspecified atom stereocenters. The van der Waals surface area contributed by atoms with E-state index < -0.39 is 0 Å². The lowest BCUT2D eigenvalue weighted by Crippen LogP contribution is -2.25. The Hall–Kier alpha value is -7.42. The van der Waals surface area contributed by atoms with Gasteiger partial charge in [0.1, 0.15) is 0 Å². The standard InChI is InChI=1S/C55H36N2/c1-2-12-42(13-3-1)57-53-21-11-7-17-47(53)48-34-39(28-33-54(48)57)38-24-22-36(23-25-38)37-26-29-40(30-27-37)56-41-31-32-46-45-16-6-10-20-51(45)55(52(46)35-41)49-18-8-4-14-43(49)44-15-5-9-19-50(44)55/h1-35,56H. The molecule has 0 fully saturated rings. The molecule has 0 bridgehead atoms. The topological polar surface area (TPSA) is 17.0 Å². The molecule has 0 aliphatic heterocycles. The van der Waals surface area contributed by atoms with Gasteiger partial charge in [-0.15, -0.1) is 0 Å². The van der Waals surface area contributed by atoms with E-state index in [1.54, 1.807) is 0 Å². The molecule has 1 aromatic heterocycles. The zero-order valence-electron chi connectivity index (χ0n) is 31.2. The summed E-state index contributed by atoms with van der Waals surface area (Å²) in [6.07, 6.45) is 0. The van der Waals surface area contributed by atoms with Crippen LogP contribution in [-0.4, -0.2) is 4.57 Å². The lowest BCUT2D eigenvalue weighted by Gasteiger charge is -2.30.